The van der Waals surface area contributed by atoms with Gasteiger partial charge in [0.15, 0.2) is 21.4 Å². The zero-order chi connectivity index (χ0) is 20.1. The molecule has 0 aliphatic carbocycles. The molecule has 0 aliphatic rings. The van der Waals surface area contributed by atoms with Crippen molar-refractivity contribution in [3.8, 4) is 5.75 Å². The summed E-state index contributed by atoms with van der Waals surface area (Å²) < 4.78 is 34.3. The Morgan fingerprint density at radius 2 is 1.81 bits per heavy atom. The highest BCUT2D eigenvalue weighted by atomic mass is 35.5. The number of benzene rings is 1. The predicted octanol–water partition coefficient (Wildman–Crippen LogP) is 3.47. The molecule has 0 saturated carbocycles. The highest BCUT2D eigenvalue weighted by molar-refractivity contribution is 7.90. The Balaban J connectivity index is 3.56. The van der Waals surface area contributed by atoms with Crippen LogP contribution in [0.3, 0.4) is 0 Å². The van der Waals surface area contributed by atoms with Crippen LogP contribution in [0.25, 0.3) is 0 Å². The Morgan fingerprint density at radius 1 is 1.19 bits per heavy atom. The van der Waals surface area contributed by atoms with E-state index in [2.05, 4.69) is 0 Å². The minimum Gasteiger partial charge on any atom is -0.501 e. The van der Waals surface area contributed by atoms with Crippen LogP contribution in [0, 0.1) is 5.92 Å². The van der Waals surface area contributed by atoms with Crippen LogP contribution < -0.4 is 4.74 Å². The predicted molar refractivity (Wildman–Crippen MR) is 99.6 cm³/mol. The molecule has 8 heteroatoms. The van der Waals surface area contributed by atoms with Crippen molar-refractivity contribution in [3.63, 3.8) is 0 Å². The molecular formula is C18H23ClO6S. The van der Waals surface area contributed by atoms with E-state index in [4.69, 9.17) is 21.1 Å². The highest BCUT2D eigenvalue weighted by Crippen LogP contribution is 2.36. The third-order valence-corrected chi connectivity index (χ3v) is 4.89. The molecule has 1 rings (SSSR count). The molecule has 6 nitrogen and oxygen atoms in total. The van der Waals surface area contributed by atoms with Crippen molar-refractivity contribution in [2.24, 2.45) is 5.92 Å². The maximum atomic E-state index is 12.9. The molecule has 0 unspecified atom stereocenters. The van der Waals surface area contributed by atoms with Gasteiger partial charge in [-0.25, -0.2) is 8.42 Å². The largest absolute Gasteiger partial charge is 0.501 e. The quantitative estimate of drug-likeness (QED) is 0.206. The van der Waals surface area contributed by atoms with E-state index in [0.29, 0.717) is 0 Å². The van der Waals surface area contributed by atoms with Crippen LogP contribution in [-0.4, -0.2) is 39.5 Å². The van der Waals surface area contributed by atoms with Gasteiger partial charge in [-0.15, -0.1) is 0 Å². The van der Waals surface area contributed by atoms with Gasteiger partial charge in [-0.2, -0.15) is 0 Å². The van der Waals surface area contributed by atoms with E-state index in [9.17, 15) is 18.0 Å². The Bertz CT molecular complexity index is 824. The van der Waals surface area contributed by atoms with E-state index < -0.39 is 27.3 Å². The molecule has 1 aromatic carbocycles. The fourth-order valence-electron chi connectivity index (χ4n) is 2.13. The van der Waals surface area contributed by atoms with Crippen LogP contribution >= 0.6 is 11.6 Å². The summed E-state index contributed by atoms with van der Waals surface area (Å²) >= 11 is 6.27. The highest BCUT2D eigenvalue weighted by Gasteiger charge is 2.28. The summed E-state index contributed by atoms with van der Waals surface area (Å²) in [6.45, 7) is 7.16. The number of ketones is 2. The van der Waals surface area contributed by atoms with Crippen molar-refractivity contribution in [2.45, 2.75) is 32.6 Å². The van der Waals surface area contributed by atoms with Crippen LogP contribution in [-0.2, 0) is 19.4 Å². The summed E-state index contributed by atoms with van der Waals surface area (Å²) in [6, 6.07) is 2.52. The first-order valence-corrected chi connectivity index (χ1v) is 10.4. The number of hydrogen-bond acceptors (Lipinski definition) is 6. The Hall–Kier alpha value is -1.86. The number of halogens is 1. The first-order chi connectivity index (χ1) is 12.1. The fraction of sp³-hybridized carbons (Fsp3) is 0.444. The zero-order valence-corrected chi connectivity index (χ0v) is 17.0. The molecule has 0 saturated heterocycles. The number of carbonyl (C=O) groups is 2. The fourth-order valence-corrected chi connectivity index (χ4v) is 3.30. The van der Waals surface area contributed by atoms with Crippen molar-refractivity contribution >= 4 is 33.0 Å². The summed E-state index contributed by atoms with van der Waals surface area (Å²) in [5, 5.41) is -0.154. The van der Waals surface area contributed by atoms with Crippen LogP contribution in [0.4, 0.5) is 0 Å². The lowest BCUT2D eigenvalue weighted by molar-refractivity contribution is -0.118. The third-order valence-electron chi connectivity index (χ3n) is 3.40. The molecule has 0 bridgehead atoms. The lowest BCUT2D eigenvalue weighted by Crippen LogP contribution is -2.19. The second-order valence-corrected chi connectivity index (χ2v) is 8.16. The average Bonchev–Trinajstić information content (AvgIpc) is 2.55. The monoisotopic (exact) mass is 402 g/mol. The van der Waals surface area contributed by atoms with E-state index in [1.807, 2.05) is 0 Å². The molecule has 144 valence electrons. The summed E-state index contributed by atoms with van der Waals surface area (Å²) in [5.41, 5.74) is -0.180. The summed E-state index contributed by atoms with van der Waals surface area (Å²) in [4.78, 5) is 25.1. The molecular weight excluding hydrogens is 380 g/mol. The van der Waals surface area contributed by atoms with E-state index in [1.165, 1.54) is 12.1 Å². The number of allylic oxidation sites excluding steroid dienone is 1. The van der Waals surface area contributed by atoms with Crippen molar-refractivity contribution in [3.05, 3.63) is 34.6 Å². The van der Waals surface area contributed by atoms with Gasteiger partial charge in [-0.1, -0.05) is 25.4 Å². The Labute approximate surface area is 159 Å². The van der Waals surface area contributed by atoms with Crippen LogP contribution in [0.1, 0.15) is 38.1 Å². The lowest BCUT2D eigenvalue weighted by atomic mass is 9.95. The molecule has 0 fully saturated rings. The summed E-state index contributed by atoms with van der Waals surface area (Å²) in [5.74, 6) is -1.57. The molecule has 0 aromatic heterocycles. The molecule has 1 aromatic rings. The number of carbonyl (C=O) groups excluding carboxylic acids is 2. The molecule has 0 N–H and O–H groups in total. The summed E-state index contributed by atoms with van der Waals surface area (Å²) in [6.07, 6.45) is 2.14. The normalized spacial score (nSPS) is 12.2. The maximum Gasteiger partial charge on any atom is 0.201 e. The maximum absolute atomic E-state index is 12.9. The zero-order valence-electron chi connectivity index (χ0n) is 15.5. The van der Waals surface area contributed by atoms with Gasteiger partial charge in [0.1, 0.15) is 10.5 Å². The third kappa shape index (κ3) is 5.08. The minimum atomic E-state index is -3.61. The van der Waals surface area contributed by atoms with Gasteiger partial charge in [0.05, 0.1) is 24.5 Å². The Kier molecular flexibility index (Phi) is 7.84. The van der Waals surface area contributed by atoms with E-state index in [-0.39, 0.29) is 40.0 Å². The first-order valence-electron chi connectivity index (χ1n) is 8.12. The number of rotatable bonds is 9. The molecule has 0 radical (unpaired) electrons. The van der Waals surface area contributed by atoms with Crippen molar-refractivity contribution in [2.75, 3.05) is 19.5 Å². The molecule has 0 aliphatic heterocycles. The van der Waals surface area contributed by atoms with Crippen molar-refractivity contribution in [1.82, 2.24) is 0 Å². The van der Waals surface area contributed by atoms with Crippen LogP contribution in [0.15, 0.2) is 28.9 Å². The van der Waals surface area contributed by atoms with Gasteiger partial charge in [-0.3, -0.25) is 9.59 Å². The number of hydrogen-bond donors (Lipinski definition) is 0. The van der Waals surface area contributed by atoms with Gasteiger partial charge in [-0.05, 0) is 26.0 Å². The van der Waals surface area contributed by atoms with E-state index >= 15 is 0 Å². The summed E-state index contributed by atoms with van der Waals surface area (Å²) in [7, 11) is -3.61. The number of Topliss-reactive ketones (excluding diaryl/α,β-unsaturated/α-hetero) is 2. The van der Waals surface area contributed by atoms with E-state index in [1.54, 1.807) is 27.7 Å². The molecule has 0 heterocycles. The number of sulfone groups is 1. The lowest BCUT2D eigenvalue weighted by Gasteiger charge is -2.15. The molecule has 0 spiro atoms. The van der Waals surface area contributed by atoms with Crippen LogP contribution in [0.2, 0.25) is 5.02 Å². The van der Waals surface area contributed by atoms with Gasteiger partial charge >= 0.3 is 0 Å². The smallest absolute Gasteiger partial charge is 0.201 e. The average molecular weight is 403 g/mol. The van der Waals surface area contributed by atoms with Crippen molar-refractivity contribution in [1.29, 1.82) is 0 Å². The van der Waals surface area contributed by atoms with Gasteiger partial charge < -0.3 is 9.47 Å². The second-order valence-electron chi connectivity index (χ2n) is 5.79. The first kappa shape index (κ1) is 22.2. The van der Waals surface area contributed by atoms with E-state index in [0.717, 1.165) is 12.5 Å². The second kappa shape index (κ2) is 9.19. The Morgan fingerprint density at radius 3 is 2.27 bits per heavy atom. The number of ether oxygens (including phenoxy) is 2. The van der Waals surface area contributed by atoms with Gasteiger partial charge in [0.25, 0.3) is 0 Å². The topological polar surface area (TPSA) is 86.7 Å². The van der Waals surface area contributed by atoms with Gasteiger partial charge in [0.2, 0.25) is 5.78 Å². The molecule has 0 amide bonds. The van der Waals surface area contributed by atoms with Crippen molar-refractivity contribution < 1.29 is 27.5 Å². The molecule has 26 heavy (non-hydrogen) atoms. The molecule has 0 atom stereocenters. The van der Waals surface area contributed by atoms with Gasteiger partial charge in [0, 0.05) is 17.7 Å². The minimum absolute atomic E-state index is 0.0255. The standard InChI is InChI=1S/C18H23ClO6S/c1-6-24-10-13(16(20)11(3)4)17(21)12-8-9-14(26(5,22)23)18(15(12)19)25-7-2/h8-11H,6-7H2,1-5H3. The SMILES string of the molecule is CCOC=C(C(=O)c1ccc(S(C)(=O)=O)c(OCC)c1Cl)C(=O)C(C)C. The van der Waals surface area contributed by atoms with Crippen LogP contribution in [0.5, 0.6) is 5.75 Å².